The van der Waals surface area contributed by atoms with Gasteiger partial charge in [-0.2, -0.15) is 40.2 Å². The Hall–Kier alpha value is -4.30. The molecule has 1 saturated heterocycles. The Labute approximate surface area is 259 Å². The van der Waals surface area contributed by atoms with E-state index in [1.807, 2.05) is 6.92 Å². The Balaban J connectivity index is 0.000000440. The SMILES string of the molecule is Cc1cc(-c2ccc(N3CCNCC3)cc2)sc1Cn1cnn(CC(CN)=C(F)F)c1=O.O=C(O)C(F)(F)F.O=C(O)C(F)(F)F. The molecule has 0 saturated carbocycles. The van der Waals surface area contributed by atoms with Crippen molar-refractivity contribution in [1.29, 1.82) is 0 Å². The molecule has 0 radical (unpaired) electrons. The second kappa shape index (κ2) is 16.3. The maximum absolute atomic E-state index is 12.9. The summed E-state index contributed by atoms with van der Waals surface area (Å²) in [5.74, 6) is -5.51. The van der Waals surface area contributed by atoms with E-state index >= 15 is 0 Å². The van der Waals surface area contributed by atoms with Crippen molar-refractivity contribution in [3.8, 4) is 10.4 Å². The standard InChI is InChI=1S/C22H26F2N6OS.2C2HF3O2/c1-15-10-19(16-2-4-18(5-3-16)28-8-6-26-7-9-28)32-20(15)13-29-14-27-30(22(29)31)12-17(11-25)21(23)24;2*3-2(4,5)1(6)7/h2-5,10,14,26H,6-9,11-13,25H2,1H3;2*(H,6,7). The molecule has 1 fully saturated rings. The summed E-state index contributed by atoms with van der Waals surface area (Å²) in [4.78, 5) is 34.9. The first kappa shape index (κ1) is 37.9. The lowest BCUT2D eigenvalue weighted by molar-refractivity contribution is -0.193. The number of halogens is 8. The van der Waals surface area contributed by atoms with E-state index in [0.29, 0.717) is 6.54 Å². The number of carboxylic acid groups (broad SMARTS) is 2. The Morgan fingerprint density at radius 1 is 1.00 bits per heavy atom. The van der Waals surface area contributed by atoms with Gasteiger partial charge in [-0.25, -0.2) is 19.1 Å². The van der Waals surface area contributed by atoms with Crippen molar-refractivity contribution in [3.05, 3.63) is 69.2 Å². The van der Waals surface area contributed by atoms with Crippen LogP contribution in [0.15, 0.2) is 53.1 Å². The predicted octanol–water partition coefficient (Wildman–Crippen LogP) is 3.92. The van der Waals surface area contributed by atoms with Crippen molar-refractivity contribution in [2.45, 2.75) is 32.4 Å². The van der Waals surface area contributed by atoms with E-state index in [1.165, 1.54) is 16.6 Å². The van der Waals surface area contributed by atoms with Crippen LogP contribution in [0.3, 0.4) is 0 Å². The van der Waals surface area contributed by atoms with Gasteiger partial charge in [-0.15, -0.1) is 11.3 Å². The van der Waals surface area contributed by atoms with Crippen molar-refractivity contribution < 1.29 is 54.9 Å². The number of hydrogen-bond donors (Lipinski definition) is 4. The molecule has 4 rings (SSSR count). The van der Waals surface area contributed by atoms with Crippen LogP contribution in [0.25, 0.3) is 10.4 Å². The highest BCUT2D eigenvalue weighted by atomic mass is 32.1. The molecule has 0 bridgehead atoms. The fourth-order valence-corrected chi connectivity index (χ4v) is 4.88. The van der Waals surface area contributed by atoms with E-state index in [9.17, 15) is 39.9 Å². The number of carboxylic acids is 2. The number of rotatable bonds is 7. The van der Waals surface area contributed by atoms with Crippen LogP contribution in [0.2, 0.25) is 0 Å². The molecule has 0 atom stereocenters. The Morgan fingerprint density at radius 3 is 1.98 bits per heavy atom. The van der Waals surface area contributed by atoms with Gasteiger partial charge in [-0.1, -0.05) is 12.1 Å². The number of piperazine rings is 1. The lowest BCUT2D eigenvalue weighted by Crippen LogP contribution is -2.43. The number of aryl methyl sites for hydroxylation is 1. The second-order valence-corrected chi connectivity index (χ2v) is 10.5. The van der Waals surface area contributed by atoms with E-state index in [1.54, 1.807) is 11.3 Å². The molecule has 1 aromatic carbocycles. The molecule has 1 aliphatic rings. The molecule has 46 heavy (non-hydrogen) atoms. The van der Waals surface area contributed by atoms with Gasteiger partial charge in [0.15, 0.2) is 0 Å². The maximum atomic E-state index is 12.9. The lowest BCUT2D eigenvalue weighted by Gasteiger charge is -2.29. The molecule has 3 aromatic rings. The maximum Gasteiger partial charge on any atom is 0.490 e. The van der Waals surface area contributed by atoms with Gasteiger partial charge >= 0.3 is 30.0 Å². The lowest BCUT2D eigenvalue weighted by atomic mass is 10.1. The van der Waals surface area contributed by atoms with E-state index in [0.717, 1.165) is 51.7 Å². The summed E-state index contributed by atoms with van der Waals surface area (Å²) in [6.07, 6.45) is -10.6. The minimum Gasteiger partial charge on any atom is -0.475 e. The zero-order valence-electron chi connectivity index (χ0n) is 23.8. The van der Waals surface area contributed by atoms with Crippen molar-refractivity contribution in [3.63, 3.8) is 0 Å². The average Bonchev–Trinajstić information content (AvgIpc) is 3.53. The summed E-state index contributed by atoms with van der Waals surface area (Å²) in [6.45, 7) is 5.73. The molecule has 254 valence electrons. The third-order valence-corrected chi connectivity index (χ3v) is 7.38. The number of hydrogen-bond acceptors (Lipinski definition) is 8. The minimum absolute atomic E-state index is 0.295. The van der Waals surface area contributed by atoms with Crippen molar-refractivity contribution in [2.24, 2.45) is 5.73 Å². The molecule has 2 aromatic heterocycles. The topological polar surface area (TPSA) is 156 Å². The zero-order chi connectivity index (χ0) is 34.8. The first-order valence-corrected chi connectivity index (χ1v) is 13.8. The summed E-state index contributed by atoms with van der Waals surface area (Å²) in [7, 11) is 0. The Bertz CT molecular complexity index is 1530. The fraction of sp³-hybridized carbons (Fsp3) is 0.385. The number of aliphatic carboxylic acids is 2. The van der Waals surface area contributed by atoms with Crippen molar-refractivity contribution in [2.75, 3.05) is 37.6 Å². The number of anilines is 1. The number of alkyl halides is 6. The number of nitrogens with two attached hydrogens (primary N) is 1. The first-order chi connectivity index (χ1) is 21.3. The highest BCUT2D eigenvalue weighted by Crippen LogP contribution is 2.33. The van der Waals surface area contributed by atoms with Gasteiger partial charge in [0.05, 0.1) is 13.1 Å². The quantitative estimate of drug-likeness (QED) is 0.271. The van der Waals surface area contributed by atoms with Crippen LogP contribution in [0.1, 0.15) is 10.4 Å². The van der Waals surface area contributed by atoms with E-state index in [4.69, 9.17) is 25.5 Å². The average molecular weight is 689 g/mol. The summed E-state index contributed by atoms with van der Waals surface area (Å²) < 4.78 is 91.6. The molecule has 3 heterocycles. The first-order valence-electron chi connectivity index (χ1n) is 13.0. The number of carbonyl (C=O) groups is 2. The van der Waals surface area contributed by atoms with Gasteiger partial charge in [-0.05, 0) is 36.2 Å². The zero-order valence-corrected chi connectivity index (χ0v) is 24.6. The van der Waals surface area contributed by atoms with Crippen LogP contribution >= 0.6 is 11.3 Å². The summed E-state index contributed by atoms with van der Waals surface area (Å²) >= 11 is 1.62. The number of thiophene rings is 1. The second-order valence-electron chi connectivity index (χ2n) is 9.37. The van der Waals surface area contributed by atoms with Crippen LogP contribution in [0.4, 0.5) is 40.8 Å². The normalized spacial score (nSPS) is 13.2. The minimum atomic E-state index is -5.08. The molecule has 11 nitrogen and oxygen atoms in total. The van der Waals surface area contributed by atoms with Gasteiger partial charge in [0.25, 0.3) is 6.08 Å². The largest absolute Gasteiger partial charge is 0.490 e. The van der Waals surface area contributed by atoms with Crippen molar-refractivity contribution >= 4 is 29.0 Å². The summed E-state index contributed by atoms with van der Waals surface area (Å²) in [5.41, 5.74) is 8.03. The molecule has 0 spiro atoms. The Morgan fingerprint density at radius 2 is 1.52 bits per heavy atom. The van der Waals surface area contributed by atoms with Gasteiger partial charge < -0.3 is 26.2 Å². The van der Waals surface area contributed by atoms with Gasteiger partial charge in [0.2, 0.25) is 0 Å². The Kier molecular flexibility index (Phi) is 13.4. The molecule has 0 amide bonds. The summed E-state index contributed by atoms with van der Waals surface area (Å²) in [5, 5.41) is 21.6. The molecule has 20 heteroatoms. The molecule has 1 aliphatic heterocycles. The molecule has 0 aliphatic carbocycles. The molecular weight excluding hydrogens is 660 g/mol. The van der Waals surface area contributed by atoms with Crippen molar-refractivity contribution in [1.82, 2.24) is 19.7 Å². The van der Waals surface area contributed by atoms with E-state index in [-0.39, 0.29) is 18.7 Å². The van der Waals surface area contributed by atoms with Crippen LogP contribution < -0.4 is 21.6 Å². The highest BCUT2D eigenvalue weighted by Gasteiger charge is 2.38. The fourth-order valence-electron chi connectivity index (χ4n) is 3.70. The monoisotopic (exact) mass is 688 g/mol. The highest BCUT2D eigenvalue weighted by molar-refractivity contribution is 7.15. The third-order valence-electron chi connectivity index (χ3n) is 6.10. The van der Waals surface area contributed by atoms with Gasteiger partial charge in [-0.3, -0.25) is 4.57 Å². The van der Waals surface area contributed by atoms with Crippen LogP contribution in [-0.2, 0) is 22.7 Å². The van der Waals surface area contributed by atoms with Crippen LogP contribution in [-0.4, -0.2) is 81.6 Å². The van der Waals surface area contributed by atoms with Crippen LogP contribution in [0.5, 0.6) is 0 Å². The number of nitrogens with one attached hydrogen (secondary N) is 1. The molecular formula is C26H28F8N6O5S. The van der Waals surface area contributed by atoms with Gasteiger partial charge in [0.1, 0.15) is 6.33 Å². The van der Waals surface area contributed by atoms with E-state index in [2.05, 4.69) is 45.6 Å². The summed E-state index contributed by atoms with van der Waals surface area (Å²) in [6, 6.07) is 10.7. The predicted molar refractivity (Wildman–Crippen MR) is 151 cm³/mol. The molecule has 5 N–H and O–H groups in total. The van der Waals surface area contributed by atoms with Crippen LogP contribution in [0, 0.1) is 6.92 Å². The number of benzene rings is 1. The molecule has 0 unspecified atom stereocenters. The number of aromatic nitrogens is 3. The van der Waals surface area contributed by atoms with Gasteiger partial charge in [0, 0.05) is 53.7 Å². The van der Waals surface area contributed by atoms with E-state index < -0.39 is 36.1 Å². The number of nitrogens with zero attached hydrogens (tertiary/aromatic N) is 4. The third kappa shape index (κ3) is 11.2. The smallest absolute Gasteiger partial charge is 0.475 e.